The first-order valence-corrected chi connectivity index (χ1v) is 11.0. The van der Waals surface area contributed by atoms with E-state index in [1.54, 1.807) is 48.4 Å². The fraction of sp³-hybridized carbons (Fsp3) is 0.389. The van der Waals surface area contributed by atoms with E-state index in [4.69, 9.17) is 4.74 Å². The molecular formula is C18H23N5O5S. The standard InChI is InChI=1S/C18H23N5O5S/c1-3-28-17(24)16-7-8-23(20-16)15-6-4-5-14(13-15)19-18(25)21-9-11-22(12-10-21)29(2,26)27/h4-8,13H,3,9-12H2,1-2H3,(H,19,25). The first-order valence-electron chi connectivity index (χ1n) is 9.12. The molecule has 1 aliphatic heterocycles. The Bertz CT molecular complexity index is 996. The van der Waals surface area contributed by atoms with Crippen molar-refractivity contribution in [1.82, 2.24) is 19.0 Å². The van der Waals surface area contributed by atoms with Gasteiger partial charge in [-0.05, 0) is 31.2 Å². The number of sulfonamides is 1. The van der Waals surface area contributed by atoms with Gasteiger partial charge < -0.3 is 15.0 Å². The summed E-state index contributed by atoms with van der Waals surface area (Å²) in [5.41, 5.74) is 1.43. The molecule has 156 valence electrons. The maximum Gasteiger partial charge on any atom is 0.358 e. The Morgan fingerprint density at radius 1 is 1.17 bits per heavy atom. The molecule has 29 heavy (non-hydrogen) atoms. The van der Waals surface area contributed by atoms with E-state index in [0.29, 0.717) is 24.5 Å². The molecule has 1 fully saturated rings. The first kappa shape index (κ1) is 20.8. The molecule has 1 aromatic heterocycles. The molecule has 1 saturated heterocycles. The summed E-state index contributed by atoms with van der Waals surface area (Å²) in [4.78, 5) is 25.8. The maximum absolute atomic E-state index is 12.5. The Kier molecular flexibility index (Phi) is 6.18. The molecule has 0 aliphatic carbocycles. The predicted octanol–water partition coefficient (Wildman–Crippen LogP) is 1.16. The van der Waals surface area contributed by atoms with Crippen molar-refractivity contribution in [2.75, 3.05) is 44.4 Å². The number of carbonyl (C=O) groups is 2. The third kappa shape index (κ3) is 5.12. The van der Waals surface area contributed by atoms with Crippen LogP contribution in [0.4, 0.5) is 10.5 Å². The zero-order valence-electron chi connectivity index (χ0n) is 16.2. The summed E-state index contributed by atoms with van der Waals surface area (Å²) < 4.78 is 31.0. The van der Waals surface area contributed by atoms with E-state index in [0.717, 1.165) is 6.26 Å². The van der Waals surface area contributed by atoms with Gasteiger partial charge in [-0.15, -0.1) is 0 Å². The highest BCUT2D eigenvalue weighted by atomic mass is 32.2. The van der Waals surface area contributed by atoms with Crippen LogP contribution in [0, 0.1) is 0 Å². The van der Waals surface area contributed by atoms with Gasteiger partial charge in [0.2, 0.25) is 10.0 Å². The van der Waals surface area contributed by atoms with Crippen molar-refractivity contribution in [3.05, 3.63) is 42.2 Å². The van der Waals surface area contributed by atoms with Crippen LogP contribution in [-0.4, -0.2) is 78.4 Å². The minimum absolute atomic E-state index is 0.199. The van der Waals surface area contributed by atoms with Crippen molar-refractivity contribution in [3.8, 4) is 5.69 Å². The molecule has 3 rings (SSSR count). The summed E-state index contributed by atoms with van der Waals surface area (Å²) in [6.45, 7) is 3.18. The van der Waals surface area contributed by atoms with Crippen molar-refractivity contribution in [1.29, 1.82) is 0 Å². The summed E-state index contributed by atoms with van der Waals surface area (Å²) in [5, 5.41) is 7.01. The molecule has 0 unspecified atom stereocenters. The predicted molar refractivity (Wildman–Crippen MR) is 107 cm³/mol. The number of hydrogen-bond acceptors (Lipinski definition) is 6. The maximum atomic E-state index is 12.5. The zero-order valence-corrected chi connectivity index (χ0v) is 17.1. The summed E-state index contributed by atoms with van der Waals surface area (Å²) >= 11 is 0. The van der Waals surface area contributed by atoms with Crippen LogP contribution in [0.1, 0.15) is 17.4 Å². The minimum Gasteiger partial charge on any atom is -0.461 e. The van der Waals surface area contributed by atoms with Gasteiger partial charge in [0.15, 0.2) is 5.69 Å². The Morgan fingerprint density at radius 3 is 2.55 bits per heavy atom. The first-order chi connectivity index (χ1) is 13.8. The van der Waals surface area contributed by atoms with Crippen LogP contribution >= 0.6 is 0 Å². The molecule has 2 amide bonds. The summed E-state index contributed by atoms with van der Waals surface area (Å²) in [7, 11) is -3.25. The summed E-state index contributed by atoms with van der Waals surface area (Å²) in [5.74, 6) is -0.496. The van der Waals surface area contributed by atoms with E-state index in [-0.39, 0.29) is 31.4 Å². The van der Waals surface area contributed by atoms with Gasteiger partial charge in [0.1, 0.15) is 0 Å². The molecule has 1 aromatic carbocycles. The quantitative estimate of drug-likeness (QED) is 0.725. The van der Waals surface area contributed by atoms with Gasteiger partial charge in [0.25, 0.3) is 0 Å². The van der Waals surface area contributed by atoms with Crippen LogP contribution in [0.3, 0.4) is 0 Å². The number of piperazine rings is 1. The number of benzene rings is 1. The number of urea groups is 1. The summed E-state index contributed by atoms with van der Waals surface area (Å²) in [6.07, 6.45) is 2.80. The lowest BCUT2D eigenvalue weighted by Crippen LogP contribution is -2.51. The number of nitrogens with one attached hydrogen (secondary N) is 1. The number of esters is 1. The molecule has 0 radical (unpaired) electrons. The van der Waals surface area contributed by atoms with Crippen molar-refractivity contribution < 1.29 is 22.7 Å². The molecule has 2 heterocycles. The van der Waals surface area contributed by atoms with Crippen LogP contribution in [-0.2, 0) is 14.8 Å². The molecule has 0 atom stereocenters. The van der Waals surface area contributed by atoms with Crippen molar-refractivity contribution in [2.45, 2.75) is 6.92 Å². The monoisotopic (exact) mass is 421 g/mol. The fourth-order valence-electron chi connectivity index (χ4n) is 2.93. The second-order valence-corrected chi connectivity index (χ2v) is 8.48. The average Bonchev–Trinajstić information content (AvgIpc) is 3.18. The number of carbonyl (C=O) groups excluding carboxylic acids is 2. The minimum atomic E-state index is -3.25. The van der Waals surface area contributed by atoms with Gasteiger partial charge in [-0.2, -0.15) is 9.40 Å². The van der Waals surface area contributed by atoms with Crippen molar-refractivity contribution in [2.24, 2.45) is 0 Å². The molecule has 1 N–H and O–H groups in total. The third-order valence-electron chi connectivity index (χ3n) is 4.43. The van der Waals surface area contributed by atoms with Crippen LogP contribution < -0.4 is 5.32 Å². The van der Waals surface area contributed by atoms with Crippen LogP contribution in [0.2, 0.25) is 0 Å². The van der Waals surface area contributed by atoms with E-state index in [9.17, 15) is 18.0 Å². The number of ether oxygens (including phenoxy) is 1. The molecule has 11 heteroatoms. The van der Waals surface area contributed by atoms with Crippen LogP contribution in [0.25, 0.3) is 5.69 Å². The molecule has 10 nitrogen and oxygen atoms in total. The smallest absolute Gasteiger partial charge is 0.358 e. The lowest BCUT2D eigenvalue weighted by Gasteiger charge is -2.33. The number of rotatable bonds is 5. The second-order valence-electron chi connectivity index (χ2n) is 6.50. The van der Waals surface area contributed by atoms with E-state index in [1.165, 1.54) is 8.99 Å². The highest BCUT2D eigenvalue weighted by Crippen LogP contribution is 2.16. The summed E-state index contributed by atoms with van der Waals surface area (Å²) in [6, 6.07) is 8.28. The molecule has 2 aromatic rings. The fourth-order valence-corrected chi connectivity index (χ4v) is 3.76. The van der Waals surface area contributed by atoms with Crippen LogP contribution in [0.5, 0.6) is 0 Å². The van der Waals surface area contributed by atoms with Gasteiger partial charge in [-0.1, -0.05) is 6.07 Å². The zero-order chi connectivity index (χ0) is 21.0. The Morgan fingerprint density at radius 2 is 1.90 bits per heavy atom. The molecular weight excluding hydrogens is 398 g/mol. The molecule has 0 spiro atoms. The number of hydrogen-bond donors (Lipinski definition) is 1. The van der Waals surface area contributed by atoms with Crippen molar-refractivity contribution in [3.63, 3.8) is 0 Å². The van der Waals surface area contributed by atoms with E-state index >= 15 is 0 Å². The highest BCUT2D eigenvalue weighted by molar-refractivity contribution is 7.88. The average molecular weight is 421 g/mol. The molecule has 0 saturated carbocycles. The van der Waals surface area contributed by atoms with E-state index in [1.807, 2.05) is 0 Å². The number of aromatic nitrogens is 2. The van der Waals surface area contributed by atoms with Crippen LogP contribution in [0.15, 0.2) is 36.5 Å². The second kappa shape index (κ2) is 8.62. The van der Waals surface area contributed by atoms with E-state index < -0.39 is 16.0 Å². The number of anilines is 1. The Hall–Kier alpha value is -2.92. The lowest BCUT2D eigenvalue weighted by atomic mass is 10.3. The van der Waals surface area contributed by atoms with Gasteiger partial charge in [0.05, 0.1) is 18.6 Å². The number of nitrogens with zero attached hydrogens (tertiary/aromatic N) is 4. The largest absolute Gasteiger partial charge is 0.461 e. The lowest BCUT2D eigenvalue weighted by molar-refractivity contribution is 0.0519. The third-order valence-corrected chi connectivity index (χ3v) is 5.73. The van der Waals surface area contributed by atoms with Gasteiger partial charge in [-0.3, -0.25) is 0 Å². The number of amides is 2. The van der Waals surface area contributed by atoms with Gasteiger partial charge in [0, 0.05) is 38.1 Å². The van der Waals surface area contributed by atoms with Gasteiger partial charge >= 0.3 is 12.0 Å². The van der Waals surface area contributed by atoms with E-state index in [2.05, 4.69) is 10.4 Å². The highest BCUT2D eigenvalue weighted by Gasteiger charge is 2.26. The normalized spacial score (nSPS) is 15.2. The molecule has 0 bridgehead atoms. The molecule has 1 aliphatic rings. The van der Waals surface area contributed by atoms with Crippen molar-refractivity contribution >= 4 is 27.7 Å². The Labute approximate surface area is 169 Å². The topological polar surface area (TPSA) is 114 Å². The van der Waals surface area contributed by atoms with Gasteiger partial charge in [-0.25, -0.2) is 22.7 Å². The SMILES string of the molecule is CCOC(=O)c1ccn(-c2cccc(NC(=O)N3CCN(S(C)(=O)=O)CC3)c2)n1. The Balaban J connectivity index is 1.64.